The summed E-state index contributed by atoms with van der Waals surface area (Å²) in [5.41, 5.74) is -1.55. The van der Waals surface area contributed by atoms with Crippen molar-refractivity contribution in [2.75, 3.05) is 32.8 Å². The average Bonchev–Trinajstić information content (AvgIpc) is 3.16. The van der Waals surface area contributed by atoms with Crippen LogP contribution in [-0.2, 0) is 22.6 Å². The Balaban J connectivity index is 1.59. The van der Waals surface area contributed by atoms with E-state index in [4.69, 9.17) is 9.72 Å². The second kappa shape index (κ2) is 16.7. The van der Waals surface area contributed by atoms with Gasteiger partial charge in [-0.3, -0.25) is 9.69 Å². The van der Waals surface area contributed by atoms with Crippen molar-refractivity contribution in [2.24, 2.45) is 0 Å². The lowest BCUT2D eigenvalue weighted by Gasteiger charge is -2.40. The van der Waals surface area contributed by atoms with Crippen molar-refractivity contribution in [3.05, 3.63) is 89.0 Å². The molecule has 56 heavy (non-hydrogen) atoms. The molecule has 1 amide bonds. The van der Waals surface area contributed by atoms with Crippen molar-refractivity contribution in [3.63, 3.8) is 0 Å². The Morgan fingerprint density at radius 3 is 2.20 bits per heavy atom. The molecule has 0 saturated carbocycles. The van der Waals surface area contributed by atoms with E-state index in [1.165, 1.54) is 74.9 Å². The molecule has 302 valence electrons. The van der Waals surface area contributed by atoms with Crippen molar-refractivity contribution in [1.82, 2.24) is 20.1 Å². The summed E-state index contributed by atoms with van der Waals surface area (Å²) in [5, 5.41) is 1.15. The quantitative estimate of drug-likeness (QED) is 0.152. The predicted molar refractivity (Wildman–Crippen MR) is 202 cm³/mol. The minimum atomic E-state index is -4.95. The molecule has 0 radical (unpaired) electrons. The number of carbonyl (C=O) groups excluding carboxylic acids is 1. The minimum Gasteiger partial charge on any atom is -0.492 e. The summed E-state index contributed by atoms with van der Waals surface area (Å²) in [5.74, 6) is -1.29. The van der Waals surface area contributed by atoms with E-state index < -0.39 is 45.0 Å². The lowest BCUT2D eigenvalue weighted by atomic mass is 9.93. The lowest BCUT2D eigenvalue weighted by Crippen LogP contribution is -2.46. The Kier molecular flexibility index (Phi) is 12.4. The number of amides is 1. The molecule has 1 aromatic heterocycles. The summed E-state index contributed by atoms with van der Waals surface area (Å²) < 4.78 is 120. The number of carbonyl (C=O) groups is 1. The van der Waals surface area contributed by atoms with Gasteiger partial charge < -0.3 is 15.0 Å². The van der Waals surface area contributed by atoms with E-state index in [9.17, 15) is 39.6 Å². The largest absolute Gasteiger partial charge is 0.492 e. The van der Waals surface area contributed by atoms with Gasteiger partial charge >= 0.3 is 12.4 Å². The SMILES string of the molecule is CCOc1cc2nc(-c3cccc(C(F)(F)F)c3)c(CN3CCC(N4CCCCC4)CC3)c(C(=O)NC(c3ccccc3)C(F)(F)F)c2cc1S(=O)(=O)C(C)C. The third-order valence-electron chi connectivity index (χ3n) is 10.7. The Labute approximate surface area is 323 Å². The summed E-state index contributed by atoms with van der Waals surface area (Å²) in [4.78, 5) is 23.7. The highest BCUT2D eigenvalue weighted by Crippen LogP contribution is 2.41. The maximum atomic E-state index is 14.8. The van der Waals surface area contributed by atoms with Crippen molar-refractivity contribution in [2.45, 2.75) is 94.0 Å². The molecule has 2 saturated heterocycles. The zero-order chi connectivity index (χ0) is 40.4. The van der Waals surface area contributed by atoms with E-state index in [1.807, 2.05) is 4.90 Å². The summed E-state index contributed by atoms with van der Waals surface area (Å²) in [6.45, 7) is 7.64. The Bertz CT molecular complexity index is 2130. The van der Waals surface area contributed by atoms with Gasteiger partial charge in [0.15, 0.2) is 15.9 Å². The molecule has 6 rings (SSSR count). The maximum Gasteiger partial charge on any atom is 0.416 e. The van der Waals surface area contributed by atoms with Gasteiger partial charge in [0.1, 0.15) is 10.6 Å². The van der Waals surface area contributed by atoms with Crippen LogP contribution < -0.4 is 10.1 Å². The first-order chi connectivity index (χ1) is 26.5. The van der Waals surface area contributed by atoms with Gasteiger partial charge in [0, 0.05) is 35.2 Å². The smallest absolute Gasteiger partial charge is 0.416 e. The fourth-order valence-corrected chi connectivity index (χ4v) is 8.89. The first-order valence-corrected chi connectivity index (χ1v) is 20.5. The first kappa shape index (κ1) is 41.4. The number of nitrogens with one attached hydrogen (secondary N) is 1. The first-order valence-electron chi connectivity index (χ1n) is 18.9. The summed E-state index contributed by atoms with van der Waals surface area (Å²) in [6, 6.07) is 11.6. The van der Waals surface area contributed by atoms with E-state index in [-0.39, 0.29) is 62.6 Å². The molecule has 0 bridgehead atoms. The third-order valence-corrected chi connectivity index (χ3v) is 12.8. The molecule has 2 aliphatic heterocycles. The number of halogens is 6. The predicted octanol–water partition coefficient (Wildman–Crippen LogP) is 8.99. The zero-order valence-corrected chi connectivity index (χ0v) is 32.3. The van der Waals surface area contributed by atoms with Crippen LogP contribution in [0, 0.1) is 0 Å². The molecule has 2 fully saturated rings. The van der Waals surface area contributed by atoms with Gasteiger partial charge in [-0.2, -0.15) is 26.3 Å². The molecule has 3 aromatic carbocycles. The number of alkyl halides is 6. The van der Waals surface area contributed by atoms with Gasteiger partial charge in [-0.15, -0.1) is 0 Å². The zero-order valence-electron chi connectivity index (χ0n) is 31.5. The van der Waals surface area contributed by atoms with Gasteiger partial charge in [-0.05, 0) is 96.4 Å². The summed E-state index contributed by atoms with van der Waals surface area (Å²) in [6.07, 6.45) is -4.72. The Morgan fingerprint density at radius 1 is 0.911 bits per heavy atom. The fourth-order valence-electron chi connectivity index (χ4n) is 7.70. The molecular formula is C41H46F6N4O4S. The van der Waals surface area contributed by atoms with Crippen molar-refractivity contribution >= 4 is 26.6 Å². The van der Waals surface area contributed by atoms with Gasteiger partial charge in [0.05, 0.1) is 34.2 Å². The normalized spacial score (nSPS) is 17.3. The van der Waals surface area contributed by atoms with Crippen LogP contribution in [0.5, 0.6) is 5.75 Å². The molecule has 4 aromatic rings. The van der Waals surface area contributed by atoms with Gasteiger partial charge in [-0.1, -0.05) is 48.9 Å². The van der Waals surface area contributed by atoms with Crippen LogP contribution in [0.15, 0.2) is 71.6 Å². The number of benzene rings is 3. The molecule has 15 heteroatoms. The van der Waals surface area contributed by atoms with Crippen LogP contribution in [-0.4, -0.2) is 79.4 Å². The van der Waals surface area contributed by atoms with Crippen LogP contribution >= 0.6 is 0 Å². The maximum absolute atomic E-state index is 14.8. The molecule has 1 atom stereocenters. The number of pyridine rings is 1. The van der Waals surface area contributed by atoms with Gasteiger partial charge in [0.2, 0.25) is 0 Å². The minimum absolute atomic E-state index is 0.0127. The van der Waals surface area contributed by atoms with E-state index in [0.717, 1.165) is 50.9 Å². The second-order valence-corrected chi connectivity index (χ2v) is 17.2. The molecule has 0 spiro atoms. The van der Waals surface area contributed by atoms with E-state index in [1.54, 1.807) is 6.92 Å². The molecule has 8 nitrogen and oxygen atoms in total. The number of fused-ring (bicyclic) bond motifs is 1. The number of hydrogen-bond acceptors (Lipinski definition) is 7. The Hall–Kier alpha value is -4.21. The van der Waals surface area contributed by atoms with E-state index in [2.05, 4.69) is 10.2 Å². The average molecular weight is 805 g/mol. The number of hydrogen-bond donors (Lipinski definition) is 1. The number of sulfone groups is 1. The fraction of sp³-hybridized carbons (Fsp3) is 0.463. The molecule has 0 aliphatic carbocycles. The number of aromatic nitrogens is 1. The van der Waals surface area contributed by atoms with Crippen LogP contribution in [0.3, 0.4) is 0 Å². The van der Waals surface area contributed by atoms with E-state index in [0.29, 0.717) is 19.1 Å². The van der Waals surface area contributed by atoms with Crippen molar-refractivity contribution in [3.8, 4) is 17.0 Å². The van der Waals surface area contributed by atoms with Gasteiger partial charge in [0.25, 0.3) is 5.91 Å². The summed E-state index contributed by atoms with van der Waals surface area (Å²) in [7, 11) is -4.10. The number of likely N-dealkylation sites (tertiary alicyclic amines) is 2. The van der Waals surface area contributed by atoms with Crippen molar-refractivity contribution in [1.29, 1.82) is 0 Å². The second-order valence-electron chi connectivity index (χ2n) is 14.7. The number of ether oxygens (including phenoxy) is 1. The monoisotopic (exact) mass is 804 g/mol. The third kappa shape index (κ3) is 8.99. The molecule has 1 N–H and O–H groups in total. The molecule has 1 unspecified atom stereocenters. The Morgan fingerprint density at radius 2 is 1.59 bits per heavy atom. The molecular weight excluding hydrogens is 759 g/mol. The topological polar surface area (TPSA) is 91.8 Å². The van der Waals surface area contributed by atoms with Gasteiger partial charge in [-0.25, -0.2) is 13.4 Å². The highest BCUT2D eigenvalue weighted by molar-refractivity contribution is 7.92. The van der Waals surface area contributed by atoms with Crippen molar-refractivity contribution < 1.29 is 44.3 Å². The van der Waals surface area contributed by atoms with Crippen LogP contribution in [0.1, 0.15) is 86.0 Å². The number of piperidine rings is 2. The summed E-state index contributed by atoms with van der Waals surface area (Å²) >= 11 is 0. The van der Waals surface area contributed by atoms with E-state index >= 15 is 0 Å². The lowest BCUT2D eigenvalue weighted by molar-refractivity contribution is -0.155. The highest BCUT2D eigenvalue weighted by atomic mass is 32.2. The van der Waals surface area contributed by atoms with Crippen LogP contribution in [0.25, 0.3) is 22.2 Å². The van der Waals surface area contributed by atoms with Crippen LogP contribution in [0.2, 0.25) is 0 Å². The standard InChI is InChI=1S/C41H46F6N4O4S/c1-4-55-34-24-33-31(23-35(34)56(53,54)26(2)3)36(39(52)49-38(41(45,46)47)27-12-7-5-8-13-27)32(37(48-33)28-14-11-15-29(22-28)40(42,43)44)25-50-20-16-30(17-21-50)51-18-9-6-10-19-51/h5,7-8,11-15,22-24,26,30,38H,4,6,9-10,16-21,25H2,1-3H3,(H,49,52). The highest BCUT2D eigenvalue weighted by Gasteiger charge is 2.43. The number of nitrogens with zero attached hydrogens (tertiary/aromatic N) is 3. The molecule has 2 aliphatic rings. The number of rotatable bonds is 11. The molecule has 3 heterocycles. The van der Waals surface area contributed by atoms with Crippen LogP contribution in [0.4, 0.5) is 26.3 Å².